The minimum Gasteiger partial charge on any atom is -0.208 e. The molecule has 1 heterocycles. The molecule has 1 aromatic carbocycles. The normalized spacial score (nSPS) is 10.8. The Balaban J connectivity index is 2.57. The van der Waals surface area contributed by atoms with Gasteiger partial charge in [0.05, 0.1) is 11.3 Å². The molecule has 0 unspecified atom stereocenters. The molecule has 0 aliphatic rings. The molecule has 0 saturated heterocycles. The van der Waals surface area contributed by atoms with Gasteiger partial charge in [0, 0.05) is 11.3 Å². The van der Waals surface area contributed by atoms with Crippen LogP contribution in [0.4, 0.5) is 17.6 Å². The summed E-state index contributed by atoms with van der Waals surface area (Å²) in [5.41, 5.74) is -0.710. The Hall–Kier alpha value is -2.36. The number of aryl methyl sites for hydroxylation is 1. The molecular formula is C12H7F4N3. The number of rotatable bonds is 2. The highest BCUT2D eigenvalue weighted by atomic mass is 19.3. The molecule has 0 radical (unpaired) electrons. The maximum atomic E-state index is 13.7. The average Bonchev–Trinajstić information content (AvgIpc) is 2.73. The number of aromatic nitrogens is 2. The summed E-state index contributed by atoms with van der Waals surface area (Å²) in [6, 6.07) is 4.19. The van der Waals surface area contributed by atoms with Crippen LogP contribution in [0.1, 0.15) is 17.8 Å². The number of hydrogen-bond donors (Lipinski definition) is 0. The summed E-state index contributed by atoms with van der Waals surface area (Å²) in [4.78, 5) is 0. The highest BCUT2D eigenvalue weighted by Crippen LogP contribution is 2.26. The van der Waals surface area contributed by atoms with Crippen molar-refractivity contribution in [3.8, 4) is 17.3 Å². The van der Waals surface area contributed by atoms with E-state index in [0.717, 1.165) is 6.07 Å². The van der Waals surface area contributed by atoms with E-state index >= 15 is 0 Å². The van der Waals surface area contributed by atoms with Crippen molar-refractivity contribution in [3.63, 3.8) is 0 Å². The van der Waals surface area contributed by atoms with Crippen LogP contribution in [0.5, 0.6) is 0 Å². The molecule has 19 heavy (non-hydrogen) atoms. The van der Waals surface area contributed by atoms with Gasteiger partial charge in [-0.1, -0.05) is 0 Å². The SMILES string of the molecule is Cc1cc(-c2cc(F)c(C#N)cc2F)nn1C(F)F. The molecule has 0 N–H and O–H groups in total. The fourth-order valence-electron chi connectivity index (χ4n) is 1.65. The lowest BCUT2D eigenvalue weighted by molar-refractivity contribution is 0.0546. The van der Waals surface area contributed by atoms with Gasteiger partial charge in [-0.2, -0.15) is 19.1 Å². The summed E-state index contributed by atoms with van der Waals surface area (Å²) in [6.07, 6.45) is 0. The van der Waals surface area contributed by atoms with E-state index < -0.39 is 23.7 Å². The first-order valence-electron chi connectivity index (χ1n) is 5.18. The molecule has 2 aromatic rings. The van der Waals surface area contributed by atoms with Crippen molar-refractivity contribution >= 4 is 0 Å². The molecule has 0 aliphatic carbocycles. The largest absolute Gasteiger partial charge is 0.333 e. The van der Waals surface area contributed by atoms with Crippen molar-refractivity contribution in [2.75, 3.05) is 0 Å². The number of nitriles is 1. The zero-order chi connectivity index (χ0) is 14.2. The summed E-state index contributed by atoms with van der Waals surface area (Å²) < 4.78 is 52.6. The van der Waals surface area contributed by atoms with Crippen molar-refractivity contribution in [2.45, 2.75) is 13.5 Å². The zero-order valence-corrected chi connectivity index (χ0v) is 9.66. The topological polar surface area (TPSA) is 41.6 Å². The first kappa shape index (κ1) is 13.1. The molecule has 0 spiro atoms. The molecule has 3 nitrogen and oxygen atoms in total. The summed E-state index contributed by atoms with van der Waals surface area (Å²) >= 11 is 0. The number of hydrogen-bond acceptors (Lipinski definition) is 2. The van der Waals surface area contributed by atoms with Crippen molar-refractivity contribution in [1.82, 2.24) is 9.78 Å². The van der Waals surface area contributed by atoms with Gasteiger partial charge in [0.25, 0.3) is 0 Å². The Labute approximate surface area is 105 Å². The van der Waals surface area contributed by atoms with Crippen molar-refractivity contribution in [1.29, 1.82) is 5.26 Å². The molecule has 7 heteroatoms. The lowest BCUT2D eigenvalue weighted by Crippen LogP contribution is -2.02. The van der Waals surface area contributed by atoms with Gasteiger partial charge in [-0.05, 0) is 25.1 Å². The second-order valence-electron chi connectivity index (χ2n) is 3.82. The summed E-state index contributed by atoms with van der Waals surface area (Å²) in [6.45, 7) is -1.49. The van der Waals surface area contributed by atoms with E-state index in [1.165, 1.54) is 19.1 Å². The van der Waals surface area contributed by atoms with Gasteiger partial charge in [-0.15, -0.1) is 0 Å². The maximum absolute atomic E-state index is 13.7. The summed E-state index contributed by atoms with van der Waals surface area (Å²) in [5, 5.41) is 12.1. The minimum atomic E-state index is -2.86. The molecular weight excluding hydrogens is 262 g/mol. The number of nitrogens with zero attached hydrogens (tertiary/aromatic N) is 3. The molecule has 2 rings (SSSR count). The van der Waals surface area contributed by atoms with E-state index in [0.29, 0.717) is 10.7 Å². The Morgan fingerprint density at radius 2 is 1.89 bits per heavy atom. The maximum Gasteiger partial charge on any atom is 0.333 e. The highest BCUT2D eigenvalue weighted by molar-refractivity contribution is 5.61. The molecule has 0 fully saturated rings. The number of benzene rings is 1. The van der Waals surface area contributed by atoms with E-state index in [-0.39, 0.29) is 17.0 Å². The predicted octanol–water partition coefficient (Wildman–Crippen LogP) is 3.40. The van der Waals surface area contributed by atoms with E-state index in [9.17, 15) is 17.6 Å². The quantitative estimate of drug-likeness (QED) is 0.784. The second-order valence-corrected chi connectivity index (χ2v) is 3.82. The van der Waals surface area contributed by atoms with Crippen LogP contribution in [0.25, 0.3) is 11.3 Å². The highest BCUT2D eigenvalue weighted by Gasteiger charge is 2.17. The Morgan fingerprint density at radius 3 is 2.42 bits per heavy atom. The zero-order valence-electron chi connectivity index (χ0n) is 9.66. The van der Waals surface area contributed by atoms with E-state index in [1.807, 2.05) is 0 Å². The van der Waals surface area contributed by atoms with E-state index in [1.54, 1.807) is 0 Å². The predicted molar refractivity (Wildman–Crippen MR) is 58.3 cm³/mol. The van der Waals surface area contributed by atoms with Crippen LogP contribution >= 0.6 is 0 Å². The Kier molecular flexibility index (Phi) is 3.25. The third-order valence-corrected chi connectivity index (χ3v) is 2.56. The number of alkyl halides is 2. The molecule has 0 atom stereocenters. The second kappa shape index (κ2) is 4.72. The Bertz CT molecular complexity index is 670. The molecule has 0 bridgehead atoms. The molecule has 98 valence electrons. The Morgan fingerprint density at radius 1 is 1.21 bits per heavy atom. The van der Waals surface area contributed by atoms with Gasteiger partial charge in [-0.3, -0.25) is 0 Å². The van der Waals surface area contributed by atoms with Gasteiger partial charge < -0.3 is 0 Å². The van der Waals surface area contributed by atoms with Crippen LogP contribution in [0.3, 0.4) is 0 Å². The van der Waals surface area contributed by atoms with Crippen LogP contribution < -0.4 is 0 Å². The van der Waals surface area contributed by atoms with Crippen LogP contribution in [0.2, 0.25) is 0 Å². The molecule has 1 aromatic heterocycles. The van der Waals surface area contributed by atoms with Gasteiger partial charge in [0.2, 0.25) is 0 Å². The van der Waals surface area contributed by atoms with Crippen molar-refractivity contribution < 1.29 is 17.6 Å². The van der Waals surface area contributed by atoms with Gasteiger partial charge in [0.15, 0.2) is 0 Å². The minimum absolute atomic E-state index is 0.112. The first-order chi connectivity index (χ1) is 8.93. The average molecular weight is 269 g/mol. The van der Waals surface area contributed by atoms with Crippen molar-refractivity contribution in [3.05, 3.63) is 41.1 Å². The van der Waals surface area contributed by atoms with Crippen LogP contribution in [-0.2, 0) is 0 Å². The fourth-order valence-corrected chi connectivity index (χ4v) is 1.65. The summed E-state index contributed by atoms with van der Waals surface area (Å²) in [7, 11) is 0. The lowest BCUT2D eigenvalue weighted by atomic mass is 10.1. The van der Waals surface area contributed by atoms with Gasteiger partial charge >= 0.3 is 6.55 Å². The smallest absolute Gasteiger partial charge is 0.208 e. The van der Waals surface area contributed by atoms with Crippen LogP contribution in [0.15, 0.2) is 18.2 Å². The number of halogens is 4. The third-order valence-electron chi connectivity index (χ3n) is 2.56. The molecule has 0 aliphatic heterocycles. The van der Waals surface area contributed by atoms with E-state index in [4.69, 9.17) is 5.26 Å². The van der Waals surface area contributed by atoms with Crippen molar-refractivity contribution in [2.24, 2.45) is 0 Å². The standard InChI is InChI=1S/C12H7F4N3/c1-6-2-11(18-19(6)12(15)16)8-4-9(13)7(5-17)3-10(8)14/h2-4,12H,1H3. The van der Waals surface area contributed by atoms with Crippen LogP contribution in [0, 0.1) is 29.9 Å². The monoisotopic (exact) mass is 269 g/mol. The molecule has 0 amide bonds. The third kappa shape index (κ3) is 2.29. The summed E-state index contributed by atoms with van der Waals surface area (Å²) in [5.74, 6) is -1.82. The fraction of sp³-hybridized carbons (Fsp3) is 0.167. The lowest BCUT2D eigenvalue weighted by Gasteiger charge is -2.02. The van der Waals surface area contributed by atoms with E-state index in [2.05, 4.69) is 5.10 Å². The van der Waals surface area contributed by atoms with Gasteiger partial charge in [0.1, 0.15) is 17.7 Å². The first-order valence-corrected chi connectivity index (χ1v) is 5.18. The van der Waals surface area contributed by atoms with Crippen LogP contribution in [-0.4, -0.2) is 9.78 Å². The molecule has 0 saturated carbocycles. The van der Waals surface area contributed by atoms with Gasteiger partial charge in [-0.25, -0.2) is 13.5 Å².